The van der Waals surface area contributed by atoms with Crippen molar-refractivity contribution in [1.82, 2.24) is 4.90 Å². The van der Waals surface area contributed by atoms with Crippen LogP contribution in [0.3, 0.4) is 0 Å². The second-order valence-electron chi connectivity index (χ2n) is 7.56. The minimum Gasteiger partial charge on any atom is -0.497 e. The molecule has 0 unspecified atom stereocenters. The molecule has 0 N–H and O–H groups in total. The van der Waals surface area contributed by atoms with Crippen molar-refractivity contribution < 1.29 is 14.3 Å². The molecule has 0 atom stereocenters. The molecule has 6 nitrogen and oxygen atoms in total. The average molecular weight is 393 g/mol. The van der Waals surface area contributed by atoms with E-state index < -0.39 is 0 Å². The van der Waals surface area contributed by atoms with Gasteiger partial charge in [0.25, 0.3) is 0 Å². The number of hydrogen-bond acceptors (Lipinski definition) is 4. The van der Waals surface area contributed by atoms with Gasteiger partial charge in [0.05, 0.1) is 13.5 Å². The van der Waals surface area contributed by atoms with Gasteiger partial charge >= 0.3 is 0 Å². The van der Waals surface area contributed by atoms with Crippen molar-refractivity contribution in [3.8, 4) is 5.75 Å². The molecule has 6 heteroatoms. The van der Waals surface area contributed by atoms with Crippen LogP contribution < -0.4 is 14.5 Å². The summed E-state index contributed by atoms with van der Waals surface area (Å²) in [4.78, 5) is 30.6. The lowest BCUT2D eigenvalue weighted by Crippen LogP contribution is -2.49. The van der Waals surface area contributed by atoms with E-state index in [4.69, 9.17) is 4.74 Å². The fourth-order valence-corrected chi connectivity index (χ4v) is 4.01. The third-order valence-corrected chi connectivity index (χ3v) is 5.75. The Bertz CT molecular complexity index is 856. The van der Waals surface area contributed by atoms with E-state index in [1.54, 1.807) is 7.11 Å². The average Bonchev–Trinajstić information content (AvgIpc) is 3.20. The van der Waals surface area contributed by atoms with Crippen LogP contribution in [-0.2, 0) is 16.0 Å². The Morgan fingerprint density at radius 2 is 1.55 bits per heavy atom. The Balaban J connectivity index is 1.30. The maximum Gasteiger partial charge on any atom is 0.227 e. The van der Waals surface area contributed by atoms with Crippen LogP contribution >= 0.6 is 0 Å². The van der Waals surface area contributed by atoms with Gasteiger partial charge in [0, 0.05) is 50.5 Å². The Morgan fingerprint density at radius 3 is 2.14 bits per heavy atom. The summed E-state index contributed by atoms with van der Waals surface area (Å²) in [5, 5.41) is 0. The van der Waals surface area contributed by atoms with Gasteiger partial charge in [0.1, 0.15) is 5.75 Å². The third-order valence-electron chi connectivity index (χ3n) is 5.75. The normalized spacial score (nSPS) is 17.0. The molecule has 0 radical (unpaired) electrons. The first kappa shape index (κ1) is 19.3. The number of methoxy groups -OCH3 is 1. The van der Waals surface area contributed by atoms with Gasteiger partial charge < -0.3 is 19.4 Å². The van der Waals surface area contributed by atoms with Crippen LogP contribution in [0, 0.1) is 0 Å². The highest BCUT2D eigenvalue weighted by atomic mass is 16.5. The Morgan fingerprint density at radius 1 is 0.897 bits per heavy atom. The van der Waals surface area contributed by atoms with Crippen LogP contribution in [0.25, 0.3) is 0 Å². The van der Waals surface area contributed by atoms with Crippen LogP contribution in [-0.4, -0.2) is 56.5 Å². The fraction of sp³-hybridized carbons (Fsp3) is 0.391. The molecule has 0 saturated carbocycles. The van der Waals surface area contributed by atoms with Crippen molar-refractivity contribution in [1.29, 1.82) is 0 Å². The van der Waals surface area contributed by atoms with Crippen molar-refractivity contribution in [3.63, 3.8) is 0 Å². The van der Waals surface area contributed by atoms with Gasteiger partial charge in [-0.25, -0.2) is 0 Å². The van der Waals surface area contributed by atoms with Crippen LogP contribution in [0.1, 0.15) is 18.4 Å². The van der Waals surface area contributed by atoms with Crippen LogP contribution in [0.5, 0.6) is 5.75 Å². The molecule has 2 aromatic rings. The zero-order chi connectivity index (χ0) is 20.2. The maximum atomic E-state index is 12.7. The van der Waals surface area contributed by atoms with E-state index in [0.717, 1.165) is 61.8 Å². The molecule has 2 saturated heterocycles. The molecular weight excluding hydrogens is 366 g/mol. The number of rotatable bonds is 5. The molecule has 0 bridgehead atoms. The Hall–Kier alpha value is -3.02. The van der Waals surface area contributed by atoms with Gasteiger partial charge in [-0.3, -0.25) is 9.59 Å². The molecule has 2 aliphatic heterocycles. The molecule has 152 valence electrons. The van der Waals surface area contributed by atoms with E-state index in [2.05, 4.69) is 17.0 Å². The minimum atomic E-state index is 0.157. The van der Waals surface area contributed by atoms with Gasteiger partial charge in [-0.2, -0.15) is 0 Å². The Kier molecular flexibility index (Phi) is 5.69. The van der Waals surface area contributed by atoms with E-state index >= 15 is 0 Å². The second-order valence-corrected chi connectivity index (χ2v) is 7.56. The second kappa shape index (κ2) is 8.55. The molecular formula is C23H27N3O3. The number of amides is 2. The van der Waals surface area contributed by atoms with E-state index in [1.807, 2.05) is 46.2 Å². The molecule has 2 heterocycles. The molecule has 0 aliphatic carbocycles. The van der Waals surface area contributed by atoms with E-state index in [9.17, 15) is 9.59 Å². The maximum absolute atomic E-state index is 12.7. The molecule has 2 aromatic carbocycles. The zero-order valence-corrected chi connectivity index (χ0v) is 16.8. The number of nitrogens with zero attached hydrogens (tertiary/aromatic N) is 3. The molecule has 4 rings (SSSR count). The van der Waals surface area contributed by atoms with Crippen molar-refractivity contribution in [2.75, 3.05) is 49.6 Å². The number of benzene rings is 2. The summed E-state index contributed by atoms with van der Waals surface area (Å²) in [6, 6.07) is 15.9. The quantitative estimate of drug-likeness (QED) is 0.784. The number of piperazine rings is 1. The highest BCUT2D eigenvalue weighted by Crippen LogP contribution is 2.23. The summed E-state index contributed by atoms with van der Waals surface area (Å²) >= 11 is 0. The van der Waals surface area contributed by atoms with Crippen LogP contribution in [0.15, 0.2) is 48.5 Å². The first-order valence-electron chi connectivity index (χ1n) is 10.2. The van der Waals surface area contributed by atoms with Crippen molar-refractivity contribution in [2.24, 2.45) is 0 Å². The number of hydrogen-bond donors (Lipinski definition) is 0. The zero-order valence-electron chi connectivity index (χ0n) is 16.8. The van der Waals surface area contributed by atoms with Gasteiger partial charge in [-0.1, -0.05) is 12.1 Å². The van der Waals surface area contributed by atoms with Gasteiger partial charge in [-0.15, -0.1) is 0 Å². The highest BCUT2D eigenvalue weighted by molar-refractivity contribution is 5.95. The van der Waals surface area contributed by atoms with Crippen molar-refractivity contribution in [3.05, 3.63) is 54.1 Å². The predicted octanol–water partition coefficient (Wildman–Crippen LogP) is 2.71. The standard InChI is InChI=1S/C23H27N3O3/c1-29-21-10-8-19(9-11-21)24-13-15-25(16-14-24)23(28)17-18-4-6-20(7-5-18)26-12-2-3-22(26)27/h4-11H,2-3,12-17H2,1H3. The Labute approximate surface area is 171 Å². The molecule has 0 spiro atoms. The lowest BCUT2D eigenvalue weighted by molar-refractivity contribution is -0.130. The first-order valence-corrected chi connectivity index (χ1v) is 10.2. The van der Waals surface area contributed by atoms with Crippen molar-refractivity contribution >= 4 is 23.2 Å². The van der Waals surface area contributed by atoms with E-state index in [1.165, 1.54) is 0 Å². The van der Waals surface area contributed by atoms with E-state index in [0.29, 0.717) is 12.8 Å². The van der Waals surface area contributed by atoms with Gasteiger partial charge in [0.15, 0.2) is 0 Å². The lowest BCUT2D eigenvalue weighted by Gasteiger charge is -2.36. The topological polar surface area (TPSA) is 53.1 Å². The molecule has 0 aromatic heterocycles. The molecule has 29 heavy (non-hydrogen) atoms. The minimum absolute atomic E-state index is 0.157. The monoisotopic (exact) mass is 393 g/mol. The largest absolute Gasteiger partial charge is 0.497 e. The third kappa shape index (κ3) is 4.36. The lowest BCUT2D eigenvalue weighted by atomic mass is 10.1. The number of carbonyl (C=O) groups excluding carboxylic acids is 2. The van der Waals surface area contributed by atoms with Gasteiger partial charge in [-0.05, 0) is 48.4 Å². The summed E-state index contributed by atoms with van der Waals surface area (Å²) < 4.78 is 5.21. The van der Waals surface area contributed by atoms with Crippen LogP contribution in [0.4, 0.5) is 11.4 Å². The fourth-order valence-electron chi connectivity index (χ4n) is 4.01. The first-order chi connectivity index (χ1) is 14.1. The van der Waals surface area contributed by atoms with E-state index in [-0.39, 0.29) is 11.8 Å². The summed E-state index contributed by atoms with van der Waals surface area (Å²) in [7, 11) is 1.67. The van der Waals surface area contributed by atoms with Gasteiger partial charge in [0.2, 0.25) is 11.8 Å². The number of carbonyl (C=O) groups is 2. The summed E-state index contributed by atoms with van der Waals surface area (Å²) in [5.41, 5.74) is 3.07. The SMILES string of the molecule is COc1ccc(N2CCN(C(=O)Cc3ccc(N4CCCC4=O)cc3)CC2)cc1. The number of ether oxygens (including phenoxy) is 1. The summed E-state index contributed by atoms with van der Waals surface area (Å²) in [6.45, 7) is 3.90. The van der Waals surface area contributed by atoms with Crippen LogP contribution in [0.2, 0.25) is 0 Å². The highest BCUT2D eigenvalue weighted by Gasteiger charge is 2.23. The molecule has 2 aliphatic rings. The molecule has 2 fully saturated rings. The summed E-state index contributed by atoms with van der Waals surface area (Å²) in [5.74, 6) is 1.19. The number of anilines is 2. The van der Waals surface area contributed by atoms with Crippen molar-refractivity contribution in [2.45, 2.75) is 19.3 Å². The predicted molar refractivity (Wildman–Crippen MR) is 114 cm³/mol. The smallest absolute Gasteiger partial charge is 0.227 e. The summed E-state index contributed by atoms with van der Waals surface area (Å²) in [6.07, 6.45) is 1.95. The molecule has 2 amide bonds.